The summed E-state index contributed by atoms with van der Waals surface area (Å²) < 4.78 is 23.4. The number of nitriles is 1. The van der Waals surface area contributed by atoms with E-state index in [2.05, 4.69) is 54.7 Å². The number of rotatable bonds is 18. The Morgan fingerprint density at radius 2 is 1.65 bits per heavy atom. The van der Waals surface area contributed by atoms with E-state index < -0.39 is 34.2 Å². The molecule has 2 aliphatic rings. The molecule has 346 valence electrons. The number of benzene rings is 3. The highest BCUT2D eigenvalue weighted by Gasteiger charge is 2.64. The molecule has 0 spiro atoms. The Hall–Kier alpha value is -5.91. The molecule has 0 unspecified atom stereocenters. The fourth-order valence-electron chi connectivity index (χ4n) is 9.15. The Morgan fingerprint density at radius 1 is 0.969 bits per heavy atom. The maximum absolute atomic E-state index is 13.9. The van der Waals surface area contributed by atoms with E-state index in [-0.39, 0.29) is 36.5 Å². The Kier molecular flexibility index (Phi) is 15.3. The average molecular weight is 910 g/mol. The van der Waals surface area contributed by atoms with Crippen molar-refractivity contribution in [2.24, 2.45) is 16.2 Å². The van der Waals surface area contributed by atoms with Gasteiger partial charge in [-0.25, -0.2) is 4.98 Å². The van der Waals surface area contributed by atoms with Crippen LogP contribution in [0, 0.1) is 34.5 Å². The van der Waals surface area contributed by atoms with Crippen LogP contribution in [0.15, 0.2) is 77.5 Å². The highest BCUT2D eigenvalue weighted by molar-refractivity contribution is 6.31. The number of carbonyl (C=O) groups is 4. The van der Waals surface area contributed by atoms with Crippen LogP contribution in [0.4, 0.5) is 0 Å². The monoisotopic (exact) mass is 908 g/mol. The standard InChI is InChI=1S/C50H61ClN6O8/c1-31-41(64-30-54-31)33-15-13-32(14-16-33)28-53-44(60)39-12-11-23-57(39)45(61)42(48(2,3)4)55-40(58)29-62-24-9-10-25-63-36-20-17-34(18-21-36)43(59)56-46-49(5,6)47(50(46,7)8)65-37-22-19-35(27-52)38(51)26-37/h13-22,26,30,39,42,46-47H,9-12,23-25,28-29H2,1-8H3,(H,53,60)(H,55,58)(H,56,59)/t39-,42+,46-,47-/m0/s1. The van der Waals surface area contributed by atoms with Crippen molar-refractivity contribution in [1.82, 2.24) is 25.8 Å². The zero-order valence-corrected chi connectivity index (χ0v) is 39.3. The van der Waals surface area contributed by atoms with E-state index in [9.17, 15) is 24.4 Å². The number of oxazole rings is 1. The van der Waals surface area contributed by atoms with Gasteiger partial charge in [0.2, 0.25) is 17.7 Å². The van der Waals surface area contributed by atoms with Gasteiger partial charge in [-0.2, -0.15) is 5.26 Å². The molecule has 1 aliphatic heterocycles. The number of aromatic nitrogens is 1. The molecule has 0 radical (unpaired) electrons. The first kappa shape index (κ1) is 48.5. The van der Waals surface area contributed by atoms with Gasteiger partial charge in [0.15, 0.2) is 12.2 Å². The highest BCUT2D eigenvalue weighted by Crippen LogP contribution is 2.55. The highest BCUT2D eigenvalue weighted by atomic mass is 35.5. The number of amides is 4. The van der Waals surface area contributed by atoms with Crippen LogP contribution in [-0.2, 0) is 25.7 Å². The van der Waals surface area contributed by atoms with Gasteiger partial charge in [-0.3, -0.25) is 19.2 Å². The van der Waals surface area contributed by atoms with E-state index in [1.807, 2.05) is 52.0 Å². The van der Waals surface area contributed by atoms with E-state index in [0.717, 1.165) is 16.8 Å². The molecule has 1 saturated heterocycles. The fourth-order valence-corrected chi connectivity index (χ4v) is 9.37. The number of aryl methyl sites for hydroxylation is 1. The number of unbranched alkanes of at least 4 members (excludes halogenated alkanes) is 1. The van der Waals surface area contributed by atoms with Gasteiger partial charge in [0.1, 0.15) is 42.4 Å². The summed E-state index contributed by atoms with van der Waals surface area (Å²) in [6.07, 6.45) is 3.73. The molecule has 4 amide bonds. The molecule has 1 aromatic heterocycles. The van der Waals surface area contributed by atoms with Gasteiger partial charge < -0.3 is 39.5 Å². The van der Waals surface area contributed by atoms with Crippen LogP contribution >= 0.6 is 11.6 Å². The molecular weight excluding hydrogens is 848 g/mol. The van der Waals surface area contributed by atoms with Crippen molar-refractivity contribution in [1.29, 1.82) is 5.26 Å². The molecule has 6 rings (SSSR count). The van der Waals surface area contributed by atoms with Crippen LogP contribution in [0.25, 0.3) is 11.3 Å². The molecule has 4 aromatic rings. The van der Waals surface area contributed by atoms with Crippen LogP contribution in [0.5, 0.6) is 11.5 Å². The first-order chi connectivity index (χ1) is 30.8. The molecule has 2 fully saturated rings. The van der Waals surface area contributed by atoms with Gasteiger partial charge in [0.25, 0.3) is 5.91 Å². The number of halogens is 1. The summed E-state index contributed by atoms with van der Waals surface area (Å²) in [5.41, 5.74) is 2.10. The smallest absolute Gasteiger partial charge is 0.251 e. The van der Waals surface area contributed by atoms with Gasteiger partial charge in [-0.05, 0) is 80.0 Å². The second kappa shape index (κ2) is 20.5. The number of ether oxygens (including phenoxy) is 3. The van der Waals surface area contributed by atoms with Crippen molar-refractivity contribution in [3.8, 4) is 28.9 Å². The quantitative estimate of drug-likeness (QED) is 0.0833. The molecule has 1 saturated carbocycles. The summed E-state index contributed by atoms with van der Waals surface area (Å²) in [6, 6.07) is 20.1. The summed E-state index contributed by atoms with van der Waals surface area (Å²) in [6.45, 7) is 17.0. The number of carbonyl (C=O) groups excluding carboxylic acids is 4. The summed E-state index contributed by atoms with van der Waals surface area (Å²) in [4.78, 5) is 59.4. The van der Waals surface area contributed by atoms with Crippen molar-refractivity contribution in [2.75, 3.05) is 26.4 Å². The molecule has 2 atom stereocenters. The zero-order valence-electron chi connectivity index (χ0n) is 38.6. The number of nitrogens with one attached hydrogen (secondary N) is 3. The van der Waals surface area contributed by atoms with Crippen molar-refractivity contribution >= 4 is 35.2 Å². The minimum absolute atomic E-state index is 0.172. The third-order valence-electron chi connectivity index (χ3n) is 12.4. The lowest BCUT2D eigenvalue weighted by atomic mass is 9.49. The van der Waals surface area contributed by atoms with Gasteiger partial charge in [0.05, 0.1) is 22.9 Å². The molecule has 14 nitrogen and oxygen atoms in total. The predicted octanol–water partition coefficient (Wildman–Crippen LogP) is 7.80. The first-order valence-corrected chi connectivity index (χ1v) is 22.5. The van der Waals surface area contributed by atoms with Crippen LogP contribution in [0.1, 0.15) is 101 Å². The molecular formula is C50H61ClN6O8. The average Bonchev–Trinajstić information content (AvgIpc) is 3.94. The Morgan fingerprint density at radius 3 is 2.28 bits per heavy atom. The zero-order chi connectivity index (χ0) is 47.1. The predicted molar refractivity (Wildman–Crippen MR) is 246 cm³/mol. The number of nitrogens with zero attached hydrogens (tertiary/aromatic N) is 3. The van der Waals surface area contributed by atoms with Crippen molar-refractivity contribution in [3.05, 3.63) is 101 Å². The molecule has 2 heterocycles. The topological polar surface area (TPSA) is 185 Å². The number of hydrogen-bond acceptors (Lipinski definition) is 10. The Labute approximate surface area is 386 Å². The molecule has 0 bridgehead atoms. The Bertz CT molecular complexity index is 2350. The summed E-state index contributed by atoms with van der Waals surface area (Å²) in [5, 5.41) is 18.6. The van der Waals surface area contributed by atoms with E-state index in [4.69, 9.17) is 30.2 Å². The van der Waals surface area contributed by atoms with Crippen LogP contribution in [0.3, 0.4) is 0 Å². The minimum Gasteiger partial charge on any atom is -0.494 e. The first-order valence-electron chi connectivity index (χ1n) is 22.2. The maximum atomic E-state index is 13.9. The largest absolute Gasteiger partial charge is 0.494 e. The SMILES string of the molecule is Cc1ncoc1-c1ccc(CNC(=O)[C@@H]2CCCN2C(=O)[C@@H](NC(=O)COCCCCOc2ccc(C(=O)N[C@H]3C(C)(C)[C@H](Oc4ccc(C#N)c(Cl)c4)C3(C)C)cc2)C(C)(C)C)cc1. The lowest BCUT2D eigenvalue weighted by Gasteiger charge is -2.63. The number of hydrogen-bond donors (Lipinski definition) is 3. The van der Waals surface area contributed by atoms with Crippen molar-refractivity contribution < 1.29 is 37.8 Å². The summed E-state index contributed by atoms with van der Waals surface area (Å²) >= 11 is 6.23. The summed E-state index contributed by atoms with van der Waals surface area (Å²) in [7, 11) is 0. The van der Waals surface area contributed by atoms with E-state index >= 15 is 0 Å². The third-order valence-corrected chi connectivity index (χ3v) is 12.7. The molecule has 15 heteroatoms. The van der Waals surface area contributed by atoms with E-state index in [1.165, 1.54) is 6.39 Å². The lowest BCUT2D eigenvalue weighted by Crippen LogP contribution is -2.74. The Balaban J connectivity index is 0.885. The molecule has 65 heavy (non-hydrogen) atoms. The fraction of sp³-hybridized carbons (Fsp3) is 0.480. The van der Waals surface area contributed by atoms with Crippen LogP contribution < -0.4 is 25.4 Å². The summed E-state index contributed by atoms with van der Waals surface area (Å²) in [5.74, 6) is 0.774. The normalized spacial score (nSPS) is 19.0. The van der Waals surface area contributed by atoms with Crippen LogP contribution in [-0.4, -0.2) is 84.1 Å². The third kappa shape index (κ3) is 11.5. The van der Waals surface area contributed by atoms with E-state index in [0.29, 0.717) is 85.4 Å². The van der Waals surface area contributed by atoms with Crippen molar-refractivity contribution in [2.45, 2.75) is 112 Å². The van der Waals surface area contributed by atoms with Gasteiger partial charge in [-0.1, -0.05) is 84.3 Å². The second-order valence-corrected chi connectivity index (χ2v) is 19.6. The maximum Gasteiger partial charge on any atom is 0.251 e. The molecule has 3 aromatic carbocycles. The van der Waals surface area contributed by atoms with Gasteiger partial charge >= 0.3 is 0 Å². The minimum atomic E-state index is -0.852. The van der Waals surface area contributed by atoms with Crippen molar-refractivity contribution in [3.63, 3.8) is 0 Å². The van der Waals surface area contributed by atoms with E-state index in [1.54, 1.807) is 47.4 Å². The molecule has 1 aliphatic carbocycles. The second-order valence-electron chi connectivity index (χ2n) is 19.2. The number of likely N-dealkylation sites (tertiary alicyclic amines) is 1. The lowest BCUT2D eigenvalue weighted by molar-refractivity contribution is -0.164. The molecule has 3 N–H and O–H groups in total. The van der Waals surface area contributed by atoms with Crippen LogP contribution in [0.2, 0.25) is 5.02 Å². The van der Waals surface area contributed by atoms with Gasteiger partial charge in [0, 0.05) is 53.8 Å². The van der Waals surface area contributed by atoms with Gasteiger partial charge in [-0.15, -0.1) is 0 Å².